The van der Waals surface area contributed by atoms with Gasteiger partial charge in [-0.25, -0.2) is 22.9 Å². The molecule has 0 fully saturated rings. The molecule has 0 atom stereocenters. The Morgan fingerprint density at radius 3 is 2.58 bits per heavy atom. The van der Waals surface area contributed by atoms with Crippen LogP contribution in [-0.2, 0) is 0 Å². The Hall–Kier alpha value is -3.14. The number of ether oxygens (including phenoxy) is 1. The van der Waals surface area contributed by atoms with E-state index in [1.165, 1.54) is 0 Å². The molecule has 3 aromatic heterocycles. The Kier molecular flexibility index (Phi) is 4.28. The topological polar surface area (TPSA) is 94.3 Å². The Labute approximate surface area is 147 Å². The molecule has 11 heteroatoms. The van der Waals surface area contributed by atoms with Crippen molar-refractivity contribution in [1.82, 2.24) is 14.5 Å². The predicted molar refractivity (Wildman–Crippen MR) is 83.5 cm³/mol. The highest BCUT2D eigenvalue weighted by atomic mass is 35.5. The van der Waals surface area contributed by atoms with Gasteiger partial charge in [-0.2, -0.15) is 4.98 Å². The van der Waals surface area contributed by atoms with Gasteiger partial charge in [0.15, 0.2) is 23.1 Å². The van der Waals surface area contributed by atoms with Crippen molar-refractivity contribution >= 4 is 28.6 Å². The number of carbonyl (C=O) groups is 1. The number of halogens is 4. The summed E-state index contributed by atoms with van der Waals surface area (Å²) >= 11 is 5.98. The molecule has 0 aliphatic rings. The van der Waals surface area contributed by atoms with Crippen LogP contribution in [0.1, 0.15) is 10.4 Å². The van der Waals surface area contributed by atoms with Crippen LogP contribution < -0.4 is 10.2 Å². The van der Waals surface area contributed by atoms with E-state index in [-0.39, 0.29) is 5.65 Å². The predicted octanol–water partition coefficient (Wildman–Crippen LogP) is 2.56. The molecule has 1 N–H and O–H groups in total. The molecule has 0 amide bonds. The Bertz CT molecular complexity index is 1130. The van der Waals surface area contributed by atoms with Crippen molar-refractivity contribution in [2.75, 3.05) is 7.11 Å². The lowest BCUT2D eigenvalue weighted by Gasteiger charge is -2.15. The molecule has 0 aromatic carbocycles. The third kappa shape index (κ3) is 2.64. The Balaban J connectivity index is 2.55. The molecule has 0 aliphatic heterocycles. The minimum absolute atomic E-state index is 0.369. The molecule has 3 aromatic rings. The van der Waals surface area contributed by atoms with Crippen LogP contribution in [0.4, 0.5) is 13.2 Å². The van der Waals surface area contributed by atoms with Gasteiger partial charge in [0.1, 0.15) is 16.5 Å². The second-order valence-electron chi connectivity index (χ2n) is 4.95. The number of aromatic nitrogens is 3. The standard InChI is InChI=1S/C15H7ClF3N3O4/c1-26-14-8(19)3-7(18)13(21-14)22-11(16)9(15(24)25)10(23)6-2-5(17)4-20-12(6)22/h2-4H,1H3,(H,24,25). The maximum atomic E-state index is 14.3. The van der Waals surface area contributed by atoms with Gasteiger partial charge in [-0.1, -0.05) is 11.6 Å². The number of aromatic carboxylic acids is 1. The summed E-state index contributed by atoms with van der Waals surface area (Å²) in [6.07, 6.45) is 0.716. The van der Waals surface area contributed by atoms with E-state index in [2.05, 4.69) is 14.7 Å². The molecule has 26 heavy (non-hydrogen) atoms. The molecule has 3 rings (SSSR count). The fourth-order valence-electron chi connectivity index (χ4n) is 2.33. The lowest BCUT2D eigenvalue weighted by atomic mass is 10.2. The fraction of sp³-hybridized carbons (Fsp3) is 0.0667. The molecule has 3 heterocycles. The Morgan fingerprint density at radius 2 is 1.96 bits per heavy atom. The van der Waals surface area contributed by atoms with E-state index in [0.29, 0.717) is 16.8 Å². The van der Waals surface area contributed by atoms with E-state index < -0.39 is 56.7 Å². The van der Waals surface area contributed by atoms with E-state index in [0.717, 1.165) is 13.2 Å². The van der Waals surface area contributed by atoms with Crippen LogP contribution in [-0.4, -0.2) is 32.7 Å². The van der Waals surface area contributed by atoms with E-state index in [1.807, 2.05) is 0 Å². The third-order valence-corrected chi connectivity index (χ3v) is 3.78. The second-order valence-corrected chi connectivity index (χ2v) is 5.30. The fourth-order valence-corrected chi connectivity index (χ4v) is 2.66. The van der Waals surface area contributed by atoms with Gasteiger partial charge in [0, 0.05) is 6.07 Å². The van der Waals surface area contributed by atoms with Crippen LogP contribution in [0.15, 0.2) is 23.1 Å². The first-order valence-electron chi connectivity index (χ1n) is 6.79. The van der Waals surface area contributed by atoms with Gasteiger partial charge in [-0.15, -0.1) is 0 Å². The van der Waals surface area contributed by atoms with Crippen molar-refractivity contribution in [3.8, 4) is 11.7 Å². The van der Waals surface area contributed by atoms with Crippen LogP contribution in [0, 0.1) is 17.5 Å². The van der Waals surface area contributed by atoms with Gasteiger partial charge < -0.3 is 9.84 Å². The van der Waals surface area contributed by atoms with Gasteiger partial charge >= 0.3 is 5.97 Å². The quantitative estimate of drug-likeness (QED) is 0.696. The van der Waals surface area contributed by atoms with E-state index in [1.54, 1.807) is 0 Å². The average molecular weight is 386 g/mol. The van der Waals surface area contributed by atoms with Gasteiger partial charge in [-0.3, -0.25) is 9.36 Å². The Morgan fingerprint density at radius 1 is 1.27 bits per heavy atom. The molecule has 0 radical (unpaired) electrons. The first kappa shape index (κ1) is 17.7. The lowest BCUT2D eigenvalue weighted by molar-refractivity contribution is 0.0695. The minimum Gasteiger partial charge on any atom is -0.479 e. The smallest absolute Gasteiger partial charge is 0.342 e. The summed E-state index contributed by atoms with van der Waals surface area (Å²) in [6.45, 7) is 0. The SMILES string of the molecule is COc1nc(-n2c(Cl)c(C(=O)O)c(=O)c3cc(F)cnc32)c(F)cc1F. The van der Waals surface area contributed by atoms with Crippen molar-refractivity contribution in [2.45, 2.75) is 0 Å². The zero-order valence-electron chi connectivity index (χ0n) is 12.8. The molecule has 0 spiro atoms. The summed E-state index contributed by atoms with van der Waals surface area (Å²) in [4.78, 5) is 31.0. The van der Waals surface area contributed by atoms with Crippen molar-refractivity contribution in [1.29, 1.82) is 0 Å². The molecule has 0 aliphatic carbocycles. The first-order chi connectivity index (χ1) is 12.3. The highest BCUT2D eigenvalue weighted by molar-refractivity contribution is 6.33. The molecule has 134 valence electrons. The van der Waals surface area contributed by atoms with Crippen LogP contribution in [0.3, 0.4) is 0 Å². The van der Waals surface area contributed by atoms with Crippen molar-refractivity contribution in [3.05, 3.63) is 56.7 Å². The maximum absolute atomic E-state index is 14.3. The monoisotopic (exact) mass is 385 g/mol. The van der Waals surface area contributed by atoms with Crippen LogP contribution in [0.25, 0.3) is 16.9 Å². The molecule has 0 saturated heterocycles. The first-order valence-corrected chi connectivity index (χ1v) is 7.17. The van der Waals surface area contributed by atoms with Gasteiger partial charge in [0.05, 0.1) is 18.7 Å². The number of nitrogens with zero attached hydrogens (tertiary/aromatic N) is 3. The molecule has 0 bridgehead atoms. The number of pyridine rings is 3. The summed E-state index contributed by atoms with van der Waals surface area (Å²) < 4.78 is 46.7. The van der Waals surface area contributed by atoms with Gasteiger partial charge in [-0.05, 0) is 6.07 Å². The normalized spacial score (nSPS) is 11.0. The van der Waals surface area contributed by atoms with Crippen molar-refractivity contribution in [3.63, 3.8) is 0 Å². The number of methoxy groups -OCH3 is 1. The second kappa shape index (κ2) is 6.30. The number of hydrogen-bond acceptors (Lipinski definition) is 5. The zero-order chi connectivity index (χ0) is 19.2. The number of rotatable bonds is 3. The molecular formula is C15H7ClF3N3O4. The van der Waals surface area contributed by atoms with Gasteiger partial charge in [0.25, 0.3) is 5.88 Å². The maximum Gasteiger partial charge on any atom is 0.342 e. The molecule has 0 saturated carbocycles. The number of fused-ring (bicyclic) bond motifs is 1. The zero-order valence-corrected chi connectivity index (χ0v) is 13.5. The average Bonchev–Trinajstić information content (AvgIpc) is 2.57. The van der Waals surface area contributed by atoms with Crippen LogP contribution in [0.5, 0.6) is 5.88 Å². The minimum atomic E-state index is -1.73. The summed E-state index contributed by atoms with van der Waals surface area (Å²) in [5.41, 5.74) is -2.43. The van der Waals surface area contributed by atoms with Crippen LogP contribution >= 0.6 is 11.6 Å². The van der Waals surface area contributed by atoms with Crippen molar-refractivity contribution < 1.29 is 27.8 Å². The number of carboxylic acid groups (broad SMARTS) is 1. The molecular weight excluding hydrogens is 379 g/mol. The van der Waals surface area contributed by atoms with Gasteiger partial charge in [0.2, 0.25) is 5.43 Å². The van der Waals surface area contributed by atoms with E-state index in [4.69, 9.17) is 11.6 Å². The van der Waals surface area contributed by atoms with Crippen LogP contribution in [0.2, 0.25) is 5.15 Å². The highest BCUT2D eigenvalue weighted by Gasteiger charge is 2.26. The number of hydrogen-bond donors (Lipinski definition) is 1. The summed E-state index contributed by atoms with van der Waals surface area (Å²) in [5.74, 6) is -6.30. The molecule has 0 unspecified atom stereocenters. The number of carboxylic acids is 1. The van der Waals surface area contributed by atoms with Crippen molar-refractivity contribution in [2.24, 2.45) is 0 Å². The van der Waals surface area contributed by atoms with E-state index >= 15 is 0 Å². The summed E-state index contributed by atoms with van der Waals surface area (Å²) in [6, 6.07) is 1.16. The molecule has 7 nitrogen and oxygen atoms in total. The summed E-state index contributed by atoms with van der Waals surface area (Å²) in [5, 5.41) is 8.03. The summed E-state index contributed by atoms with van der Waals surface area (Å²) in [7, 11) is 1.08. The lowest BCUT2D eigenvalue weighted by Crippen LogP contribution is -2.22. The highest BCUT2D eigenvalue weighted by Crippen LogP contribution is 2.27. The van der Waals surface area contributed by atoms with E-state index in [9.17, 15) is 27.9 Å². The third-order valence-electron chi connectivity index (χ3n) is 3.42. The largest absolute Gasteiger partial charge is 0.479 e.